The third-order valence-electron chi connectivity index (χ3n) is 3.21. The number of likely N-dealkylation sites (N-methyl/N-ethyl adjacent to an activating group) is 1. The summed E-state index contributed by atoms with van der Waals surface area (Å²) in [6, 6.07) is 1.88. The van der Waals surface area contributed by atoms with Gasteiger partial charge in [-0.05, 0) is 20.4 Å². The minimum Gasteiger partial charge on any atom is -0.481 e. The molecular formula is C13H21N3O3S. The number of carboxylic acid groups (broad SMARTS) is 1. The molecule has 6 nitrogen and oxygen atoms in total. The number of carboxylic acids is 1. The van der Waals surface area contributed by atoms with E-state index < -0.39 is 5.97 Å². The molecule has 0 saturated carbocycles. The van der Waals surface area contributed by atoms with E-state index in [9.17, 15) is 9.59 Å². The fraction of sp³-hybridized carbons (Fsp3) is 0.615. The molecule has 1 unspecified atom stereocenters. The summed E-state index contributed by atoms with van der Waals surface area (Å²) < 4.78 is 1.83. The number of nitrogens with zero attached hydrogens (tertiary/aromatic N) is 3. The Labute approximate surface area is 122 Å². The van der Waals surface area contributed by atoms with Crippen LogP contribution in [0.1, 0.15) is 20.3 Å². The molecule has 0 saturated heterocycles. The maximum atomic E-state index is 11.3. The van der Waals surface area contributed by atoms with Crippen molar-refractivity contribution >= 4 is 17.7 Å². The van der Waals surface area contributed by atoms with Gasteiger partial charge in [0, 0.05) is 31.4 Å². The fourth-order valence-electron chi connectivity index (χ4n) is 1.62. The van der Waals surface area contributed by atoms with E-state index in [4.69, 9.17) is 5.11 Å². The van der Waals surface area contributed by atoms with Crippen LogP contribution in [0.5, 0.6) is 0 Å². The summed E-state index contributed by atoms with van der Waals surface area (Å²) in [6.07, 6.45) is 2.74. The molecule has 0 radical (unpaired) electrons. The smallest absolute Gasteiger partial charge is 0.313 e. The molecule has 20 heavy (non-hydrogen) atoms. The second kappa shape index (κ2) is 8.06. The third-order valence-corrected chi connectivity index (χ3v) is 4.19. The molecule has 1 rings (SSSR count). The lowest BCUT2D eigenvalue weighted by atomic mass is 10.2. The summed E-state index contributed by atoms with van der Waals surface area (Å²) in [6.45, 7) is 5.79. The Morgan fingerprint density at radius 1 is 1.60 bits per heavy atom. The van der Waals surface area contributed by atoms with Crippen molar-refractivity contribution in [2.45, 2.75) is 38.0 Å². The molecule has 0 bridgehead atoms. The fourth-order valence-corrected chi connectivity index (χ4v) is 2.35. The van der Waals surface area contributed by atoms with E-state index in [2.05, 4.69) is 23.7 Å². The Bertz CT molecular complexity index is 504. The standard InChI is InChI=1S/C13H21N3O3S/c1-4-10(2)15(3)7-8-16-6-5-11(17)14-13(16)20-9-12(18)19/h5-6,10H,4,7-9H2,1-3H3,(H,18,19). The van der Waals surface area contributed by atoms with Gasteiger partial charge in [0.15, 0.2) is 5.16 Å². The molecule has 0 aromatic carbocycles. The lowest BCUT2D eigenvalue weighted by molar-refractivity contribution is -0.133. The van der Waals surface area contributed by atoms with Crippen molar-refractivity contribution in [2.24, 2.45) is 0 Å². The number of carbonyl (C=O) groups is 1. The summed E-state index contributed by atoms with van der Waals surface area (Å²) >= 11 is 1.07. The van der Waals surface area contributed by atoms with E-state index in [0.717, 1.165) is 24.7 Å². The number of rotatable bonds is 8. The highest BCUT2D eigenvalue weighted by Crippen LogP contribution is 2.13. The maximum absolute atomic E-state index is 11.3. The summed E-state index contributed by atoms with van der Waals surface area (Å²) in [5.41, 5.74) is -0.343. The van der Waals surface area contributed by atoms with Gasteiger partial charge in [-0.25, -0.2) is 0 Å². The van der Waals surface area contributed by atoms with Crippen LogP contribution in [0.25, 0.3) is 0 Å². The first-order valence-electron chi connectivity index (χ1n) is 6.56. The van der Waals surface area contributed by atoms with Crippen LogP contribution in [0.3, 0.4) is 0 Å². The van der Waals surface area contributed by atoms with Crippen LogP contribution >= 0.6 is 11.8 Å². The van der Waals surface area contributed by atoms with E-state index in [0.29, 0.717) is 17.7 Å². The zero-order valence-electron chi connectivity index (χ0n) is 12.1. The summed E-state index contributed by atoms with van der Waals surface area (Å²) in [5, 5.41) is 9.17. The summed E-state index contributed by atoms with van der Waals surface area (Å²) in [7, 11) is 2.05. The van der Waals surface area contributed by atoms with Crippen molar-refractivity contribution in [3.05, 3.63) is 22.6 Å². The van der Waals surface area contributed by atoms with Gasteiger partial charge in [0.2, 0.25) is 0 Å². The van der Waals surface area contributed by atoms with Crippen LogP contribution in [0.2, 0.25) is 0 Å². The number of hydrogen-bond acceptors (Lipinski definition) is 5. The van der Waals surface area contributed by atoms with E-state index in [1.807, 2.05) is 11.6 Å². The molecule has 1 aromatic rings. The highest BCUT2D eigenvalue weighted by Gasteiger charge is 2.10. The lowest BCUT2D eigenvalue weighted by Crippen LogP contribution is -2.32. The van der Waals surface area contributed by atoms with E-state index >= 15 is 0 Å². The Kier molecular flexibility index (Phi) is 6.74. The Morgan fingerprint density at radius 3 is 2.90 bits per heavy atom. The molecule has 7 heteroatoms. The summed E-state index contributed by atoms with van der Waals surface area (Å²) in [5.74, 6) is -1.02. The first-order valence-corrected chi connectivity index (χ1v) is 7.55. The molecule has 0 aliphatic heterocycles. The lowest BCUT2D eigenvalue weighted by Gasteiger charge is -2.24. The van der Waals surface area contributed by atoms with Crippen molar-refractivity contribution in [3.8, 4) is 0 Å². The van der Waals surface area contributed by atoms with E-state index in [1.54, 1.807) is 6.20 Å². The van der Waals surface area contributed by atoms with Crippen molar-refractivity contribution in [3.63, 3.8) is 0 Å². The van der Waals surface area contributed by atoms with Gasteiger partial charge in [0.1, 0.15) is 0 Å². The van der Waals surface area contributed by atoms with Crippen LogP contribution < -0.4 is 5.56 Å². The van der Waals surface area contributed by atoms with Gasteiger partial charge >= 0.3 is 5.97 Å². The van der Waals surface area contributed by atoms with Crippen LogP contribution in [-0.2, 0) is 11.3 Å². The molecule has 0 aliphatic rings. The van der Waals surface area contributed by atoms with Gasteiger partial charge in [-0.15, -0.1) is 0 Å². The highest BCUT2D eigenvalue weighted by atomic mass is 32.2. The van der Waals surface area contributed by atoms with Crippen molar-refractivity contribution in [1.29, 1.82) is 0 Å². The molecule has 0 amide bonds. The predicted octanol–water partition coefficient (Wildman–Crippen LogP) is 1.15. The largest absolute Gasteiger partial charge is 0.481 e. The minimum atomic E-state index is -0.920. The molecule has 1 N–H and O–H groups in total. The highest BCUT2D eigenvalue weighted by molar-refractivity contribution is 7.99. The molecule has 1 atom stereocenters. The van der Waals surface area contributed by atoms with Crippen molar-refractivity contribution < 1.29 is 9.90 Å². The minimum absolute atomic E-state index is 0.0995. The van der Waals surface area contributed by atoms with Gasteiger partial charge < -0.3 is 14.6 Å². The Morgan fingerprint density at radius 2 is 2.30 bits per heavy atom. The molecular weight excluding hydrogens is 278 g/mol. The second-order valence-electron chi connectivity index (χ2n) is 4.66. The average Bonchev–Trinajstić information content (AvgIpc) is 2.42. The topological polar surface area (TPSA) is 75.4 Å². The van der Waals surface area contributed by atoms with Gasteiger partial charge in [-0.2, -0.15) is 4.98 Å². The first kappa shape index (κ1) is 16.7. The SMILES string of the molecule is CCC(C)N(C)CCn1ccc(=O)nc1SCC(=O)O. The normalized spacial score (nSPS) is 12.6. The number of aromatic nitrogens is 2. The molecule has 0 fully saturated rings. The van der Waals surface area contributed by atoms with Crippen LogP contribution in [0, 0.1) is 0 Å². The molecule has 0 spiro atoms. The van der Waals surface area contributed by atoms with Gasteiger partial charge in [-0.1, -0.05) is 18.7 Å². The average molecular weight is 299 g/mol. The monoisotopic (exact) mass is 299 g/mol. The second-order valence-corrected chi connectivity index (χ2v) is 5.60. The third kappa shape index (κ3) is 5.34. The van der Waals surface area contributed by atoms with Crippen LogP contribution in [0.15, 0.2) is 22.2 Å². The van der Waals surface area contributed by atoms with Gasteiger partial charge in [0.25, 0.3) is 5.56 Å². The molecule has 1 heterocycles. The van der Waals surface area contributed by atoms with Crippen molar-refractivity contribution in [2.75, 3.05) is 19.3 Å². The summed E-state index contributed by atoms with van der Waals surface area (Å²) in [4.78, 5) is 28.0. The molecule has 0 aliphatic carbocycles. The quantitative estimate of drug-likeness (QED) is 0.573. The maximum Gasteiger partial charge on any atom is 0.313 e. The zero-order chi connectivity index (χ0) is 15.1. The van der Waals surface area contributed by atoms with Gasteiger partial charge in [-0.3, -0.25) is 9.59 Å². The Hall–Kier alpha value is -1.34. The molecule has 112 valence electrons. The van der Waals surface area contributed by atoms with Crippen LogP contribution in [-0.4, -0.2) is 50.9 Å². The van der Waals surface area contributed by atoms with E-state index in [-0.39, 0.29) is 11.3 Å². The zero-order valence-corrected chi connectivity index (χ0v) is 12.9. The number of aliphatic carboxylic acids is 1. The molecule has 1 aromatic heterocycles. The number of hydrogen-bond donors (Lipinski definition) is 1. The Balaban J connectivity index is 2.73. The van der Waals surface area contributed by atoms with Gasteiger partial charge in [0.05, 0.1) is 5.75 Å². The predicted molar refractivity (Wildman–Crippen MR) is 79.2 cm³/mol. The van der Waals surface area contributed by atoms with Crippen LogP contribution in [0.4, 0.5) is 0 Å². The number of thioether (sulfide) groups is 1. The van der Waals surface area contributed by atoms with E-state index in [1.165, 1.54) is 6.07 Å². The van der Waals surface area contributed by atoms with Crippen molar-refractivity contribution in [1.82, 2.24) is 14.5 Å². The first-order chi connectivity index (χ1) is 9.43.